The molecule has 0 unspecified atom stereocenters. The third kappa shape index (κ3) is 5.98. The van der Waals surface area contributed by atoms with Gasteiger partial charge in [-0.25, -0.2) is 0 Å². The zero-order valence-corrected chi connectivity index (χ0v) is 17.1. The molecule has 1 atom stereocenters. The van der Waals surface area contributed by atoms with E-state index >= 15 is 0 Å². The third-order valence-electron chi connectivity index (χ3n) is 5.12. The van der Waals surface area contributed by atoms with Crippen molar-refractivity contribution in [1.82, 2.24) is 0 Å². The molecule has 1 heterocycles. The minimum atomic E-state index is -0.447. The Balaban J connectivity index is 1.84. The van der Waals surface area contributed by atoms with E-state index in [4.69, 9.17) is 4.74 Å². The van der Waals surface area contributed by atoms with Crippen molar-refractivity contribution in [2.24, 2.45) is 0 Å². The Kier molecular flexibility index (Phi) is 6.18. The summed E-state index contributed by atoms with van der Waals surface area (Å²) in [5, 5.41) is 15.2. The molecule has 0 saturated carbocycles. The number of benzene rings is 1. The van der Waals surface area contributed by atoms with Crippen LogP contribution in [0.1, 0.15) is 57.2 Å². The number of rotatable bonds is 6. The van der Waals surface area contributed by atoms with Crippen molar-refractivity contribution < 1.29 is 20.5 Å². The van der Waals surface area contributed by atoms with Gasteiger partial charge >= 0.3 is 0 Å². The molecule has 0 aliphatic carbocycles. The van der Waals surface area contributed by atoms with Gasteiger partial charge in [-0.3, -0.25) is 0 Å². The van der Waals surface area contributed by atoms with E-state index in [0.29, 0.717) is 19.2 Å². The normalized spacial score (nSPS) is 21.1. The molecule has 1 aromatic rings. The average molecular weight is 351 g/mol. The zero-order chi connectivity index (χ0) is 18.8. The summed E-state index contributed by atoms with van der Waals surface area (Å²) in [5.74, 6) is 0.916. The summed E-state index contributed by atoms with van der Waals surface area (Å²) in [6.07, 6.45) is 1.89. The fraction of sp³-hybridized carbons (Fsp3) is 0.714. The Labute approximate surface area is 153 Å². The van der Waals surface area contributed by atoms with Gasteiger partial charge in [0.2, 0.25) is 0 Å². The zero-order valence-electron chi connectivity index (χ0n) is 17.1. The Morgan fingerprint density at radius 1 is 1.12 bits per heavy atom. The molecule has 1 aliphatic heterocycles. The van der Waals surface area contributed by atoms with Crippen molar-refractivity contribution in [3.8, 4) is 5.75 Å². The number of ether oxygens (including phenoxy) is 1. The molecule has 1 saturated heterocycles. The molecule has 1 aliphatic rings. The Hall–Kier alpha value is -1.10. The molecule has 25 heavy (non-hydrogen) atoms. The second kappa shape index (κ2) is 7.65. The number of piperidine rings is 1. The first-order chi connectivity index (χ1) is 11.5. The third-order valence-corrected chi connectivity index (χ3v) is 5.12. The lowest BCUT2D eigenvalue weighted by atomic mass is 9.79. The highest BCUT2D eigenvalue weighted by Gasteiger charge is 2.43. The van der Waals surface area contributed by atoms with Gasteiger partial charge in [0.15, 0.2) is 0 Å². The fourth-order valence-electron chi connectivity index (χ4n) is 4.76. The van der Waals surface area contributed by atoms with Gasteiger partial charge in [0.1, 0.15) is 25.0 Å². The molecule has 4 heteroatoms. The number of aliphatic hydroxyl groups is 1. The van der Waals surface area contributed by atoms with Crippen molar-refractivity contribution in [1.29, 1.82) is 0 Å². The van der Waals surface area contributed by atoms with Crippen LogP contribution in [0.3, 0.4) is 0 Å². The first-order valence-corrected chi connectivity index (χ1v) is 9.56. The first kappa shape index (κ1) is 20.2. The molecule has 0 amide bonds. The SMILES string of the molecule is Cc1cc(C)c(OC[C@@H](O)C[NH2+]C2CC(C)(C)[NH2+]C(C)(C)C2)c(C)c1. The molecule has 142 valence electrons. The number of hydrogen-bond acceptors (Lipinski definition) is 2. The van der Waals surface area contributed by atoms with Crippen LogP contribution in [0, 0.1) is 20.8 Å². The summed E-state index contributed by atoms with van der Waals surface area (Å²) in [4.78, 5) is 0. The molecule has 0 aromatic heterocycles. The van der Waals surface area contributed by atoms with Crippen molar-refractivity contribution in [3.05, 3.63) is 28.8 Å². The molecule has 5 N–H and O–H groups in total. The number of nitrogens with two attached hydrogens (primary N) is 2. The van der Waals surface area contributed by atoms with Gasteiger partial charge in [0.25, 0.3) is 0 Å². The minimum absolute atomic E-state index is 0.264. The monoisotopic (exact) mass is 350 g/mol. The predicted molar refractivity (Wildman–Crippen MR) is 102 cm³/mol. The van der Waals surface area contributed by atoms with Gasteiger partial charge in [0.05, 0.1) is 30.0 Å². The maximum Gasteiger partial charge on any atom is 0.137 e. The van der Waals surface area contributed by atoms with Gasteiger partial charge in [0, 0.05) is 0 Å². The van der Waals surface area contributed by atoms with Gasteiger partial charge < -0.3 is 20.5 Å². The van der Waals surface area contributed by atoms with Crippen LogP contribution in [-0.4, -0.2) is 41.5 Å². The lowest BCUT2D eigenvalue weighted by Gasteiger charge is -2.41. The molecule has 1 fully saturated rings. The highest BCUT2D eigenvalue weighted by Crippen LogP contribution is 2.24. The first-order valence-electron chi connectivity index (χ1n) is 9.56. The second-order valence-corrected chi connectivity index (χ2v) is 9.45. The smallest absolute Gasteiger partial charge is 0.137 e. The van der Waals surface area contributed by atoms with Crippen LogP contribution >= 0.6 is 0 Å². The lowest BCUT2D eigenvalue weighted by molar-refractivity contribution is -0.814. The lowest BCUT2D eigenvalue weighted by Crippen LogP contribution is -3.09. The summed E-state index contributed by atoms with van der Waals surface area (Å²) in [7, 11) is 0. The summed E-state index contributed by atoms with van der Waals surface area (Å²) in [6, 6.07) is 4.82. The molecular weight excluding hydrogens is 312 g/mol. The Morgan fingerprint density at radius 3 is 2.16 bits per heavy atom. The van der Waals surface area contributed by atoms with Crippen molar-refractivity contribution in [3.63, 3.8) is 0 Å². The van der Waals surface area contributed by atoms with Gasteiger partial charge in [-0.15, -0.1) is 0 Å². The van der Waals surface area contributed by atoms with E-state index in [1.54, 1.807) is 0 Å². The predicted octanol–water partition coefficient (Wildman–Crippen LogP) is 1.20. The largest absolute Gasteiger partial charge is 0.490 e. The molecule has 0 bridgehead atoms. The summed E-state index contributed by atoms with van der Waals surface area (Å²) < 4.78 is 5.93. The molecule has 1 aromatic carbocycles. The van der Waals surface area contributed by atoms with Crippen LogP contribution in [0.2, 0.25) is 0 Å². The van der Waals surface area contributed by atoms with E-state index in [9.17, 15) is 5.11 Å². The minimum Gasteiger partial charge on any atom is -0.490 e. The maximum absolute atomic E-state index is 10.4. The van der Waals surface area contributed by atoms with Crippen LogP contribution in [-0.2, 0) is 0 Å². The average Bonchev–Trinajstić information content (AvgIpc) is 2.40. The highest BCUT2D eigenvalue weighted by atomic mass is 16.5. The molecular formula is C21H38N2O2+2. The number of aliphatic hydroxyl groups excluding tert-OH is 1. The van der Waals surface area contributed by atoms with E-state index in [-0.39, 0.29) is 11.1 Å². The van der Waals surface area contributed by atoms with Crippen LogP contribution in [0.4, 0.5) is 0 Å². The van der Waals surface area contributed by atoms with Gasteiger partial charge in [-0.1, -0.05) is 17.7 Å². The van der Waals surface area contributed by atoms with Crippen LogP contribution in [0.25, 0.3) is 0 Å². The van der Waals surface area contributed by atoms with Crippen molar-refractivity contribution >= 4 is 0 Å². The summed E-state index contributed by atoms with van der Waals surface area (Å²) in [6.45, 7) is 16.5. The van der Waals surface area contributed by atoms with E-state index in [2.05, 4.69) is 71.2 Å². The number of hydrogen-bond donors (Lipinski definition) is 3. The van der Waals surface area contributed by atoms with Crippen molar-refractivity contribution in [2.45, 2.75) is 84.5 Å². The van der Waals surface area contributed by atoms with Crippen LogP contribution < -0.4 is 15.4 Å². The van der Waals surface area contributed by atoms with Crippen LogP contribution in [0.5, 0.6) is 5.75 Å². The molecule has 0 spiro atoms. The summed E-state index contributed by atoms with van der Waals surface area (Å²) >= 11 is 0. The molecule has 0 radical (unpaired) electrons. The second-order valence-electron chi connectivity index (χ2n) is 9.45. The Bertz CT molecular complexity index is 557. The van der Waals surface area contributed by atoms with Gasteiger partial charge in [-0.05, 0) is 59.6 Å². The highest BCUT2D eigenvalue weighted by molar-refractivity contribution is 5.42. The standard InChI is InChI=1S/C21H36N2O2/c1-14-8-15(2)19(16(3)9-14)25-13-18(24)12-22-17-10-20(4,5)23-21(6,7)11-17/h8-9,17-18,22-24H,10-13H2,1-7H3/p+2/t18-/m0/s1. The van der Waals surface area contributed by atoms with E-state index in [0.717, 1.165) is 16.9 Å². The maximum atomic E-state index is 10.4. The molecule has 2 rings (SSSR count). The Morgan fingerprint density at radius 2 is 1.64 bits per heavy atom. The van der Waals surface area contributed by atoms with E-state index < -0.39 is 6.10 Å². The summed E-state index contributed by atoms with van der Waals surface area (Å²) in [5.41, 5.74) is 4.05. The van der Waals surface area contributed by atoms with Crippen molar-refractivity contribution in [2.75, 3.05) is 13.2 Å². The quantitative estimate of drug-likeness (QED) is 0.722. The fourth-order valence-corrected chi connectivity index (χ4v) is 4.76. The van der Waals surface area contributed by atoms with Crippen LogP contribution in [0.15, 0.2) is 12.1 Å². The van der Waals surface area contributed by atoms with Gasteiger partial charge in [-0.2, -0.15) is 0 Å². The van der Waals surface area contributed by atoms with E-state index in [1.807, 2.05) is 0 Å². The van der Waals surface area contributed by atoms with E-state index in [1.165, 1.54) is 18.4 Å². The number of aryl methyl sites for hydroxylation is 3. The number of quaternary nitrogens is 2. The topological polar surface area (TPSA) is 62.7 Å². The molecule has 4 nitrogen and oxygen atoms in total.